The standard InChI is InChI=1S/C15H10N4O/c16-10-12(9-11-5-7-13(20)8-6-11)19-15-4-2-1-3-14(15)17-18-19/h1-9,20H/b12-9+. The topological polar surface area (TPSA) is 74.7 Å². The number of benzene rings is 2. The summed E-state index contributed by atoms with van der Waals surface area (Å²) in [7, 11) is 0. The van der Waals surface area contributed by atoms with Gasteiger partial charge in [0.1, 0.15) is 23.0 Å². The Morgan fingerprint density at radius 1 is 1.15 bits per heavy atom. The Labute approximate surface area is 115 Å². The van der Waals surface area contributed by atoms with Crippen molar-refractivity contribution in [1.82, 2.24) is 15.0 Å². The third-order valence-electron chi connectivity index (χ3n) is 2.89. The highest BCUT2D eigenvalue weighted by Crippen LogP contribution is 2.18. The van der Waals surface area contributed by atoms with E-state index < -0.39 is 0 Å². The third-order valence-corrected chi connectivity index (χ3v) is 2.89. The van der Waals surface area contributed by atoms with Crippen LogP contribution in [0.5, 0.6) is 5.75 Å². The molecule has 3 rings (SSSR count). The summed E-state index contributed by atoms with van der Waals surface area (Å²) >= 11 is 0. The molecule has 5 nitrogen and oxygen atoms in total. The molecule has 0 unspecified atom stereocenters. The van der Waals surface area contributed by atoms with Gasteiger partial charge in [0.25, 0.3) is 0 Å². The van der Waals surface area contributed by atoms with E-state index in [0.29, 0.717) is 5.70 Å². The van der Waals surface area contributed by atoms with E-state index in [-0.39, 0.29) is 5.75 Å². The highest BCUT2D eigenvalue weighted by atomic mass is 16.3. The molecule has 0 saturated heterocycles. The molecule has 0 spiro atoms. The summed E-state index contributed by atoms with van der Waals surface area (Å²) in [6.45, 7) is 0. The lowest BCUT2D eigenvalue weighted by Crippen LogP contribution is -1.97. The zero-order valence-electron chi connectivity index (χ0n) is 10.4. The number of nitrogens with zero attached hydrogens (tertiary/aromatic N) is 4. The van der Waals surface area contributed by atoms with Gasteiger partial charge in [-0.1, -0.05) is 29.5 Å². The van der Waals surface area contributed by atoms with Crippen LogP contribution in [-0.4, -0.2) is 20.1 Å². The first kappa shape index (κ1) is 11.9. The van der Waals surface area contributed by atoms with Crippen molar-refractivity contribution in [1.29, 1.82) is 5.26 Å². The van der Waals surface area contributed by atoms with Crippen LogP contribution in [0.25, 0.3) is 22.8 Å². The molecule has 0 bridgehead atoms. The predicted octanol–water partition coefficient (Wildman–Crippen LogP) is 2.66. The average Bonchev–Trinajstić information content (AvgIpc) is 2.91. The molecule has 0 amide bonds. The van der Waals surface area contributed by atoms with Crippen LogP contribution in [0, 0.1) is 11.3 Å². The van der Waals surface area contributed by atoms with Crippen molar-refractivity contribution in [3.8, 4) is 11.8 Å². The lowest BCUT2D eigenvalue weighted by molar-refractivity contribution is 0.475. The molecule has 0 aliphatic carbocycles. The minimum atomic E-state index is 0.187. The molecule has 0 fully saturated rings. The number of hydrogen-bond donors (Lipinski definition) is 1. The van der Waals surface area contributed by atoms with Crippen molar-refractivity contribution in [2.24, 2.45) is 0 Å². The monoisotopic (exact) mass is 262 g/mol. The molecule has 0 atom stereocenters. The van der Waals surface area contributed by atoms with Crippen LogP contribution in [0.15, 0.2) is 48.5 Å². The molecular formula is C15H10N4O. The van der Waals surface area contributed by atoms with Gasteiger partial charge in [0.15, 0.2) is 0 Å². The first-order valence-corrected chi connectivity index (χ1v) is 5.99. The summed E-state index contributed by atoms with van der Waals surface area (Å²) < 4.78 is 1.50. The van der Waals surface area contributed by atoms with Crippen LogP contribution in [-0.2, 0) is 0 Å². The number of fused-ring (bicyclic) bond motifs is 1. The summed E-state index contributed by atoms with van der Waals surface area (Å²) in [5.41, 5.74) is 2.68. The summed E-state index contributed by atoms with van der Waals surface area (Å²) in [6, 6.07) is 16.2. The molecule has 1 heterocycles. The van der Waals surface area contributed by atoms with Crippen molar-refractivity contribution in [3.63, 3.8) is 0 Å². The van der Waals surface area contributed by atoms with Gasteiger partial charge in [-0.05, 0) is 35.9 Å². The van der Waals surface area contributed by atoms with E-state index in [1.54, 1.807) is 30.3 Å². The number of aromatic nitrogens is 3. The number of hydrogen-bond acceptors (Lipinski definition) is 4. The van der Waals surface area contributed by atoms with Crippen LogP contribution < -0.4 is 0 Å². The van der Waals surface area contributed by atoms with Crippen molar-refractivity contribution in [2.75, 3.05) is 0 Å². The SMILES string of the molecule is N#C/C(=C\c1ccc(O)cc1)n1nnc2ccccc21. The second kappa shape index (κ2) is 4.86. The molecular weight excluding hydrogens is 252 g/mol. The third kappa shape index (κ3) is 2.10. The van der Waals surface area contributed by atoms with E-state index in [1.165, 1.54) is 4.68 Å². The van der Waals surface area contributed by atoms with Gasteiger partial charge in [0, 0.05) is 0 Å². The average molecular weight is 262 g/mol. The Hall–Kier alpha value is -3.13. The van der Waals surface area contributed by atoms with E-state index in [1.807, 2.05) is 24.3 Å². The van der Waals surface area contributed by atoms with Gasteiger partial charge in [0.2, 0.25) is 0 Å². The quantitative estimate of drug-likeness (QED) is 0.720. The Bertz CT molecular complexity index is 825. The van der Waals surface area contributed by atoms with Gasteiger partial charge in [-0.2, -0.15) is 5.26 Å². The predicted molar refractivity (Wildman–Crippen MR) is 75.4 cm³/mol. The first-order valence-electron chi connectivity index (χ1n) is 5.99. The Balaban J connectivity index is 2.10. The Kier molecular flexibility index (Phi) is 2.90. The van der Waals surface area contributed by atoms with E-state index in [9.17, 15) is 10.4 Å². The number of allylic oxidation sites excluding steroid dienone is 1. The highest BCUT2D eigenvalue weighted by molar-refractivity contribution is 5.86. The minimum absolute atomic E-state index is 0.187. The summed E-state index contributed by atoms with van der Waals surface area (Å²) in [5, 5.41) is 26.6. The van der Waals surface area contributed by atoms with E-state index in [0.717, 1.165) is 16.6 Å². The number of phenols is 1. The van der Waals surface area contributed by atoms with Gasteiger partial charge in [-0.3, -0.25) is 0 Å². The minimum Gasteiger partial charge on any atom is -0.508 e. The van der Waals surface area contributed by atoms with E-state index in [2.05, 4.69) is 16.4 Å². The number of phenolic OH excluding ortho intramolecular Hbond substituents is 1. The lowest BCUT2D eigenvalue weighted by Gasteiger charge is -2.00. The highest BCUT2D eigenvalue weighted by Gasteiger charge is 2.07. The molecule has 3 aromatic rings. The molecule has 20 heavy (non-hydrogen) atoms. The zero-order valence-corrected chi connectivity index (χ0v) is 10.4. The van der Waals surface area contributed by atoms with Gasteiger partial charge in [-0.15, -0.1) is 5.10 Å². The maximum absolute atomic E-state index is 9.32. The molecule has 0 saturated carbocycles. The zero-order chi connectivity index (χ0) is 13.9. The molecule has 0 aliphatic heterocycles. The molecule has 2 aromatic carbocycles. The van der Waals surface area contributed by atoms with Gasteiger partial charge in [0.05, 0.1) is 5.52 Å². The molecule has 96 valence electrons. The van der Waals surface area contributed by atoms with Gasteiger partial charge < -0.3 is 5.11 Å². The van der Waals surface area contributed by atoms with Crippen molar-refractivity contribution in [2.45, 2.75) is 0 Å². The maximum atomic E-state index is 9.32. The molecule has 0 radical (unpaired) electrons. The van der Waals surface area contributed by atoms with Crippen LogP contribution in [0.4, 0.5) is 0 Å². The van der Waals surface area contributed by atoms with Crippen LogP contribution in [0.1, 0.15) is 5.56 Å². The van der Waals surface area contributed by atoms with Gasteiger partial charge in [-0.25, -0.2) is 4.68 Å². The Morgan fingerprint density at radius 2 is 1.90 bits per heavy atom. The fourth-order valence-corrected chi connectivity index (χ4v) is 1.92. The number of aromatic hydroxyl groups is 1. The van der Waals surface area contributed by atoms with E-state index in [4.69, 9.17) is 0 Å². The van der Waals surface area contributed by atoms with Gasteiger partial charge >= 0.3 is 0 Å². The maximum Gasteiger partial charge on any atom is 0.145 e. The van der Waals surface area contributed by atoms with Crippen LogP contribution >= 0.6 is 0 Å². The summed E-state index contributed by atoms with van der Waals surface area (Å²) in [4.78, 5) is 0. The van der Waals surface area contributed by atoms with Crippen LogP contribution in [0.3, 0.4) is 0 Å². The fourth-order valence-electron chi connectivity index (χ4n) is 1.92. The van der Waals surface area contributed by atoms with Crippen LogP contribution in [0.2, 0.25) is 0 Å². The lowest BCUT2D eigenvalue weighted by atomic mass is 10.2. The molecule has 5 heteroatoms. The molecule has 1 N–H and O–H groups in total. The largest absolute Gasteiger partial charge is 0.508 e. The first-order chi connectivity index (χ1) is 9.78. The second-order valence-electron chi connectivity index (χ2n) is 4.22. The summed E-state index contributed by atoms with van der Waals surface area (Å²) in [6.07, 6.45) is 1.69. The number of para-hydroxylation sites is 1. The van der Waals surface area contributed by atoms with Crippen molar-refractivity contribution >= 4 is 22.8 Å². The summed E-state index contributed by atoms with van der Waals surface area (Å²) in [5.74, 6) is 0.187. The van der Waals surface area contributed by atoms with Crippen molar-refractivity contribution < 1.29 is 5.11 Å². The number of nitriles is 1. The molecule has 1 aromatic heterocycles. The van der Waals surface area contributed by atoms with E-state index >= 15 is 0 Å². The smallest absolute Gasteiger partial charge is 0.145 e. The molecule has 0 aliphatic rings. The fraction of sp³-hybridized carbons (Fsp3) is 0. The number of rotatable bonds is 2. The Morgan fingerprint density at radius 3 is 2.65 bits per heavy atom. The normalized spacial score (nSPS) is 11.4. The second-order valence-corrected chi connectivity index (χ2v) is 4.22. The van der Waals surface area contributed by atoms with Crippen molar-refractivity contribution in [3.05, 3.63) is 54.1 Å².